The lowest BCUT2D eigenvalue weighted by Gasteiger charge is -2.33. The van der Waals surface area contributed by atoms with Crippen LogP contribution < -0.4 is 10.0 Å². The fraction of sp³-hybridized carbons (Fsp3) is 1.00. The maximum absolute atomic E-state index is 12.0. The van der Waals surface area contributed by atoms with Crippen LogP contribution >= 0.6 is 0 Å². The third kappa shape index (κ3) is 4.84. The molecule has 18 heavy (non-hydrogen) atoms. The first-order valence-electron chi connectivity index (χ1n) is 6.82. The van der Waals surface area contributed by atoms with Gasteiger partial charge in [0.1, 0.15) is 0 Å². The Hall–Kier alpha value is -0.170. The molecule has 1 aliphatic carbocycles. The van der Waals surface area contributed by atoms with Crippen LogP contribution in [0.5, 0.6) is 0 Å². The zero-order valence-electron chi connectivity index (χ0n) is 11.1. The van der Waals surface area contributed by atoms with Gasteiger partial charge < -0.3 is 10.1 Å². The van der Waals surface area contributed by atoms with Crippen LogP contribution in [-0.4, -0.2) is 45.5 Å². The van der Waals surface area contributed by atoms with Gasteiger partial charge in [-0.1, -0.05) is 0 Å². The quantitative estimate of drug-likeness (QED) is 0.669. The normalized spacial score (nSPS) is 29.4. The van der Waals surface area contributed by atoms with E-state index in [2.05, 4.69) is 10.0 Å². The van der Waals surface area contributed by atoms with Crippen LogP contribution in [0.25, 0.3) is 0 Å². The van der Waals surface area contributed by atoms with E-state index in [1.165, 1.54) is 12.8 Å². The minimum Gasteiger partial charge on any atom is -0.380 e. The number of nitrogens with one attached hydrogen (secondary N) is 2. The van der Waals surface area contributed by atoms with Gasteiger partial charge in [0.05, 0.1) is 17.9 Å². The predicted molar refractivity (Wildman–Crippen MR) is 71.0 cm³/mol. The van der Waals surface area contributed by atoms with Crippen molar-refractivity contribution in [1.82, 2.24) is 10.0 Å². The molecule has 1 aliphatic heterocycles. The summed E-state index contributed by atoms with van der Waals surface area (Å²) in [5.74, 6) is 0.197. The molecule has 0 spiro atoms. The molecule has 2 fully saturated rings. The molecule has 2 rings (SSSR count). The summed E-state index contributed by atoms with van der Waals surface area (Å²) in [5, 5.41) is 3.33. The summed E-state index contributed by atoms with van der Waals surface area (Å²) in [6.45, 7) is 3.93. The summed E-state index contributed by atoms with van der Waals surface area (Å²) in [5.41, 5.74) is -0.416. The Morgan fingerprint density at radius 1 is 1.39 bits per heavy atom. The Morgan fingerprint density at radius 2 is 2.17 bits per heavy atom. The number of sulfonamides is 1. The van der Waals surface area contributed by atoms with Crippen molar-refractivity contribution < 1.29 is 13.2 Å². The van der Waals surface area contributed by atoms with Crippen molar-refractivity contribution in [2.75, 3.05) is 25.5 Å². The largest absolute Gasteiger partial charge is 0.380 e. The number of hydrogen-bond donors (Lipinski definition) is 2. The monoisotopic (exact) mass is 276 g/mol. The summed E-state index contributed by atoms with van der Waals surface area (Å²) >= 11 is 0. The molecule has 1 saturated carbocycles. The lowest BCUT2D eigenvalue weighted by molar-refractivity contribution is 0.0386. The smallest absolute Gasteiger partial charge is 0.212 e. The molecule has 0 radical (unpaired) electrons. The van der Waals surface area contributed by atoms with Crippen molar-refractivity contribution in [1.29, 1.82) is 0 Å². The van der Waals surface area contributed by atoms with E-state index < -0.39 is 15.6 Å². The third-order valence-corrected chi connectivity index (χ3v) is 5.07. The molecule has 0 bridgehead atoms. The maximum atomic E-state index is 12.0. The summed E-state index contributed by atoms with van der Waals surface area (Å²) in [7, 11) is -3.19. The average Bonchev–Trinajstić information content (AvgIpc) is 3.08. The van der Waals surface area contributed by atoms with Crippen LogP contribution in [-0.2, 0) is 14.8 Å². The minimum absolute atomic E-state index is 0.197. The van der Waals surface area contributed by atoms with E-state index in [0.29, 0.717) is 19.1 Å². The van der Waals surface area contributed by atoms with E-state index in [9.17, 15) is 8.42 Å². The van der Waals surface area contributed by atoms with Crippen LogP contribution in [0.1, 0.15) is 39.0 Å². The van der Waals surface area contributed by atoms with E-state index in [-0.39, 0.29) is 5.75 Å². The van der Waals surface area contributed by atoms with E-state index in [4.69, 9.17) is 4.74 Å². The summed E-state index contributed by atoms with van der Waals surface area (Å²) in [6.07, 6.45) is 4.92. The van der Waals surface area contributed by atoms with Gasteiger partial charge in [0.25, 0.3) is 0 Å². The van der Waals surface area contributed by atoms with Crippen molar-refractivity contribution in [3.05, 3.63) is 0 Å². The topological polar surface area (TPSA) is 67.4 Å². The molecule has 1 heterocycles. The standard InChI is InChI=1S/C12H24N2O3S/c1-12(6-2-8-17-10-12)14-18(15,16)9-3-7-13-11-4-5-11/h11,13-14H,2-10H2,1H3. The molecule has 1 saturated heterocycles. The fourth-order valence-electron chi connectivity index (χ4n) is 2.30. The summed E-state index contributed by atoms with van der Waals surface area (Å²) < 4.78 is 32.1. The third-order valence-electron chi connectivity index (χ3n) is 3.44. The Balaban J connectivity index is 1.71. The minimum atomic E-state index is -3.19. The fourth-order valence-corrected chi connectivity index (χ4v) is 3.84. The Bertz CT molecular complexity index is 360. The van der Waals surface area contributed by atoms with Crippen LogP contribution in [0.15, 0.2) is 0 Å². The van der Waals surface area contributed by atoms with Crippen LogP contribution in [0.4, 0.5) is 0 Å². The molecule has 1 atom stereocenters. The van der Waals surface area contributed by atoms with Gasteiger partial charge >= 0.3 is 0 Å². The molecule has 0 aromatic carbocycles. The second-order valence-electron chi connectivity index (χ2n) is 5.72. The lowest BCUT2D eigenvalue weighted by Crippen LogP contribution is -2.52. The first-order chi connectivity index (χ1) is 8.49. The predicted octanol–water partition coefficient (Wildman–Crippen LogP) is 0.617. The Labute approximate surface area is 110 Å². The molecule has 1 unspecified atom stereocenters. The lowest BCUT2D eigenvalue weighted by atomic mass is 9.97. The molecule has 0 amide bonds. The zero-order chi connectivity index (χ0) is 13.1. The molecular formula is C12H24N2O3S. The molecule has 5 nitrogen and oxygen atoms in total. The van der Waals surface area contributed by atoms with Crippen molar-refractivity contribution in [2.24, 2.45) is 0 Å². The van der Waals surface area contributed by atoms with E-state index >= 15 is 0 Å². The molecule has 2 aliphatic rings. The van der Waals surface area contributed by atoms with Gasteiger partial charge in [-0.25, -0.2) is 13.1 Å². The second kappa shape index (κ2) is 5.86. The van der Waals surface area contributed by atoms with Gasteiger partial charge in [-0.3, -0.25) is 0 Å². The highest BCUT2D eigenvalue weighted by molar-refractivity contribution is 7.89. The average molecular weight is 276 g/mol. The van der Waals surface area contributed by atoms with Crippen molar-refractivity contribution in [3.63, 3.8) is 0 Å². The first-order valence-corrected chi connectivity index (χ1v) is 8.47. The van der Waals surface area contributed by atoms with Crippen molar-refractivity contribution in [2.45, 2.75) is 50.6 Å². The van der Waals surface area contributed by atoms with Gasteiger partial charge in [0.15, 0.2) is 0 Å². The summed E-state index contributed by atoms with van der Waals surface area (Å²) in [4.78, 5) is 0. The zero-order valence-corrected chi connectivity index (χ0v) is 11.9. The number of rotatable bonds is 7. The molecule has 106 valence electrons. The highest BCUT2D eigenvalue weighted by atomic mass is 32.2. The molecule has 0 aromatic heterocycles. The van der Waals surface area contributed by atoms with E-state index in [0.717, 1.165) is 26.0 Å². The van der Waals surface area contributed by atoms with Gasteiger partial charge in [-0.05, 0) is 45.6 Å². The van der Waals surface area contributed by atoms with Gasteiger partial charge in [-0.15, -0.1) is 0 Å². The van der Waals surface area contributed by atoms with Gasteiger partial charge in [-0.2, -0.15) is 0 Å². The van der Waals surface area contributed by atoms with Gasteiger partial charge in [0.2, 0.25) is 10.0 Å². The second-order valence-corrected chi connectivity index (χ2v) is 7.56. The number of hydrogen-bond acceptors (Lipinski definition) is 4. The Kier molecular flexibility index (Phi) is 4.64. The Morgan fingerprint density at radius 3 is 2.78 bits per heavy atom. The molecule has 2 N–H and O–H groups in total. The highest BCUT2D eigenvalue weighted by Crippen LogP contribution is 2.20. The van der Waals surface area contributed by atoms with Crippen molar-refractivity contribution >= 4 is 10.0 Å². The highest BCUT2D eigenvalue weighted by Gasteiger charge is 2.31. The van der Waals surface area contributed by atoms with Crippen LogP contribution in [0.2, 0.25) is 0 Å². The van der Waals surface area contributed by atoms with Crippen LogP contribution in [0.3, 0.4) is 0 Å². The van der Waals surface area contributed by atoms with Crippen molar-refractivity contribution in [3.8, 4) is 0 Å². The molecular weight excluding hydrogens is 252 g/mol. The first kappa shape index (κ1) is 14.2. The number of ether oxygens (including phenoxy) is 1. The molecule has 0 aromatic rings. The summed E-state index contributed by atoms with van der Waals surface area (Å²) in [6, 6.07) is 0.643. The SMILES string of the molecule is CC1(NS(=O)(=O)CCCNC2CC2)CCCOC1. The van der Waals surface area contributed by atoms with E-state index in [1.807, 2.05) is 6.92 Å². The molecule has 6 heteroatoms. The van der Waals surface area contributed by atoms with Crippen LogP contribution in [0, 0.1) is 0 Å². The van der Waals surface area contributed by atoms with E-state index in [1.54, 1.807) is 0 Å². The van der Waals surface area contributed by atoms with Gasteiger partial charge in [0, 0.05) is 12.6 Å². The maximum Gasteiger partial charge on any atom is 0.212 e.